The number of ketones is 1. The minimum Gasteiger partial charge on any atom is -0.326 e. The Morgan fingerprint density at radius 2 is 2.03 bits per heavy atom. The van der Waals surface area contributed by atoms with Crippen molar-refractivity contribution in [3.05, 3.63) is 45.5 Å². The number of hydrogen-bond donors (Lipinski definition) is 1. The van der Waals surface area contributed by atoms with Crippen LogP contribution in [0.15, 0.2) is 29.1 Å². The van der Waals surface area contributed by atoms with Crippen LogP contribution in [-0.2, 0) is 22.6 Å². The normalized spacial score (nSPS) is 13.9. The molecule has 7 nitrogen and oxygen atoms in total. The van der Waals surface area contributed by atoms with Gasteiger partial charge in [-0.1, -0.05) is 31.4 Å². The second-order valence-electron chi connectivity index (χ2n) is 8.42. The van der Waals surface area contributed by atoms with Gasteiger partial charge in [0.1, 0.15) is 5.82 Å². The van der Waals surface area contributed by atoms with Crippen LogP contribution in [0.5, 0.6) is 0 Å². The van der Waals surface area contributed by atoms with E-state index >= 15 is 0 Å². The molecule has 2 aromatic rings. The number of carbonyl (C=O) groups is 2. The number of rotatable bonds is 10. The Morgan fingerprint density at radius 3 is 2.66 bits per heavy atom. The lowest BCUT2D eigenvalue weighted by molar-refractivity contribution is -0.120. The number of anilines is 1. The Kier molecular flexibility index (Phi) is 7.47. The number of nitrogens with one attached hydrogen (secondary N) is 1. The summed E-state index contributed by atoms with van der Waals surface area (Å²) in [5.74, 6) is 0.129. The molecule has 1 N–H and O–H groups in total. The molecular weight excluding hydrogens is 428 g/mol. The van der Waals surface area contributed by atoms with Crippen molar-refractivity contribution in [3.8, 4) is 17.3 Å². The predicted octanol–water partition coefficient (Wildman–Crippen LogP) is 4.52. The summed E-state index contributed by atoms with van der Waals surface area (Å²) in [4.78, 5) is 42.0. The fourth-order valence-corrected chi connectivity index (χ4v) is 3.88. The third-order valence-electron chi connectivity index (χ3n) is 5.62. The lowest BCUT2D eigenvalue weighted by Gasteiger charge is -2.16. The van der Waals surface area contributed by atoms with Gasteiger partial charge in [0.25, 0.3) is 5.56 Å². The molecule has 0 aliphatic heterocycles. The summed E-state index contributed by atoms with van der Waals surface area (Å²) in [7, 11) is 0. The standard InChI is InChI=1S/C24H27ClN4O3/c1-3-4-5-6-22-28-21(19-8-7-17(25)11-20(19)27-16(2)30)12-23(32)29(22)14-18(31)13-24(15-26)9-10-24/h7-8,11-12H,3-6,9-10,13-14H2,1-2H3,(H,27,30). The van der Waals surface area contributed by atoms with Gasteiger partial charge in [0.15, 0.2) is 5.78 Å². The fraction of sp³-hybridized carbons (Fsp3) is 0.458. The number of nitriles is 1. The first-order valence-electron chi connectivity index (χ1n) is 10.9. The van der Waals surface area contributed by atoms with E-state index < -0.39 is 5.41 Å². The SMILES string of the molecule is CCCCCc1nc(-c2ccc(Cl)cc2NC(C)=O)cc(=O)n1CC(=O)CC1(C#N)CC1. The van der Waals surface area contributed by atoms with E-state index in [1.54, 1.807) is 18.2 Å². The van der Waals surface area contributed by atoms with Gasteiger partial charge in [-0.15, -0.1) is 0 Å². The Hall–Kier alpha value is -2.98. The highest BCUT2D eigenvalue weighted by Gasteiger charge is 2.44. The second-order valence-corrected chi connectivity index (χ2v) is 8.85. The summed E-state index contributed by atoms with van der Waals surface area (Å²) >= 11 is 6.09. The molecule has 1 aromatic heterocycles. The maximum absolute atomic E-state index is 13.0. The van der Waals surface area contributed by atoms with Crippen molar-refractivity contribution in [1.29, 1.82) is 5.26 Å². The zero-order valence-corrected chi connectivity index (χ0v) is 19.2. The molecule has 1 aliphatic carbocycles. The minimum atomic E-state index is -0.549. The van der Waals surface area contributed by atoms with Crippen molar-refractivity contribution >= 4 is 29.0 Å². The number of halogens is 1. The molecule has 0 unspecified atom stereocenters. The number of aryl methyl sites for hydroxylation is 1. The van der Waals surface area contributed by atoms with E-state index in [1.807, 2.05) is 0 Å². The Bertz CT molecular complexity index is 1130. The topological polar surface area (TPSA) is 105 Å². The quantitative estimate of drug-likeness (QED) is 0.531. The van der Waals surface area contributed by atoms with Crippen LogP contribution in [-0.4, -0.2) is 21.2 Å². The summed E-state index contributed by atoms with van der Waals surface area (Å²) < 4.78 is 1.42. The highest BCUT2D eigenvalue weighted by Crippen LogP contribution is 2.48. The Labute approximate surface area is 192 Å². The molecule has 1 aromatic carbocycles. The van der Waals surface area contributed by atoms with E-state index in [9.17, 15) is 19.6 Å². The summed E-state index contributed by atoms with van der Waals surface area (Å²) in [5.41, 5.74) is 0.586. The summed E-state index contributed by atoms with van der Waals surface area (Å²) in [6, 6.07) is 8.61. The maximum Gasteiger partial charge on any atom is 0.254 e. The van der Waals surface area contributed by atoms with Crippen LogP contribution >= 0.6 is 11.6 Å². The molecule has 3 rings (SSSR count). The van der Waals surface area contributed by atoms with Gasteiger partial charge in [-0.05, 0) is 37.5 Å². The third-order valence-corrected chi connectivity index (χ3v) is 5.86. The zero-order chi connectivity index (χ0) is 23.3. The van der Waals surface area contributed by atoms with Crippen LogP contribution in [0.3, 0.4) is 0 Å². The maximum atomic E-state index is 13.0. The molecule has 0 atom stereocenters. The number of carbonyl (C=O) groups excluding carboxylic acids is 2. The van der Waals surface area contributed by atoms with Gasteiger partial charge in [0, 0.05) is 36.4 Å². The predicted molar refractivity (Wildman–Crippen MR) is 123 cm³/mol. The number of Topliss-reactive ketones (excluding diaryl/α,β-unsaturated/α-hetero) is 1. The van der Waals surface area contributed by atoms with Crippen LogP contribution in [0, 0.1) is 16.7 Å². The average molecular weight is 455 g/mol. The first-order chi connectivity index (χ1) is 15.3. The van der Waals surface area contributed by atoms with Crippen LogP contribution in [0.25, 0.3) is 11.3 Å². The number of hydrogen-bond acceptors (Lipinski definition) is 5. The highest BCUT2D eigenvalue weighted by molar-refractivity contribution is 6.31. The number of amides is 1. The van der Waals surface area contributed by atoms with Crippen molar-refractivity contribution < 1.29 is 9.59 Å². The monoisotopic (exact) mass is 454 g/mol. The molecular formula is C24H27ClN4O3. The lowest BCUT2D eigenvalue weighted by Crippen LogP contribution is -2.29. The van der Waals surface area contributed by atoms with Gasteiger partial charge >= 0.3 is 0 Å². The van der Waals surface area contributed by atoms with Crippen molar-refractivity contribution in [2.45, 2.75) is 65.3 Å². The van der Waals surface area contributed by atoms with Crippen LogP contribution in [0.2, 0.25) is 5.02 Å². The van der Waals surface area contributed by atoms with E-state index in [0.29, 0.717) is 34.2 Å². The molecule has 0 bridgehead atoms. The lowest BCUT2D eigenvalue weighted by atomic mass is 10.0. The number of nitrogens with zero attached hydrogens (tertiary/aromatic N) is 3. The molecule has 1 saturated carbocycles. The first-order valence-corrected chi connectivity index (χ1v) is 11.3. The Balaban J connectivity index is 1.98. The molecule has 1 amide bonds. The van der Waals surface area contributed by atoms with Crippen LogP contribution in [0.1, 0.15) is 58.2 Å². The molecule has 0 spiro atoms. The number of benzene rings is 1. The summed E-state index contributed by atoms with van der Waals surface area (Å²) in [6.07, 6.45) is 5.00. The highest BCUT2D eigenvalue weighted by atomic mass is 35.5. The van der Waals surface area contributed by atoms with Crippen LogP contribution < -0.4 is 10.9 Å². The summed E-state index contributed by atoms with van der Waals surface area (Å²) in [5, 5.41) is 12.5. The van der Waals surface area contributed by atoms with Gasteiger partial charge in [0.2, 0.25) is 5.91 Å². The second kappa shape index (κ2) is 10.1. The van der Waals surface area contributed by atoms with Crippen molar-refractivity contribution in [2.75, 3.05) is 5.32 Å². The minimum absolute atomic E-state index is 0.0871. The summed E-state index contributed by atoms with van der Waals surface area (Å²) in [6.45, 7) is 3.40. The van der Waals surface area contributed by atoms with Crippen LogP contribution in [0.4, 0.5) is 5.69 Å². The molecule has 0 saturated heterocycles. The zero-order valence-electron chi connectivity index (χ0n) is 18.4. The smallest absolute Gasteiger partial charge is 0.254 e. The first kappa shape index (κ1) is 23.7. The molecule has 32 heavy (non-hydrogen) atoms. The van der Waals surface area contributed by atoms with Crippen molar-refractivity contribution in [1.82, 2.24) is 9.55 Å². The van der Waals surface area contributed by atoms with Gasteiger partial charge in [-0.25, -0.2) is 4.98 Å². The third kappa shape index (κ3) is 5.83. The van der Waals surface area contributed by atoms with E-state index in [2.05, 4.69) is 18.3 Å². The average Bonchev–Trinajstić information content (AvgIpc) is 3.50. The van der Waals surface area contributed by atoms with Gasteiger partial charge in [-0.3, -0.25) is 19.0 Å². The number of aromatic nitrogens is 2. The van der Waals surface area contributed by atoms with Gasteiger partial charge in [0.05, 0.1) is 29.4 Å². The molecule has 1 fully saturated rings. The molecule has 168 valence electrons. The van der Waals surface area contributed by atoms with Gasteiger partial charge < -0.3 is 5.32 Å². The van der Waals surface area contributed by atoms with Gasteiger partial charge in [-0.2, -0.15) is 5.26 Å². The Morgan fingerprint density at radius 1 is 1.28 bits per heavy atom. The fourth-order valence-electron chi connectivity index (χ4n) is 3.71. The van der Waals surface area contributed by atoms with Crippen molar-refractivity contribution in [2.24, 2.45) is 5.41 Å². The molecule has 0 radical (unpaired) electrons. The van der Waals surface area contributed by atoms with Crippen molar-refractivity contribution in [3.63, 3.8) is 0 Å². The molecule has 8 heteroatoms. The number of unbranched alkanes of at least 4 members (excludes halogenated alkanes) is 2. The van der Waals surface area contributed by atoms with E-state index in [0.717, 1.165) is 32.1 Å². The largest absolute Gasteiger partial charge is 0.326 e. The van der Waals surface area contributed by atoms with E-state index in [-0.39, 0.29) is 30.2 Å². The van der Waals surface area contributed by atoms with E-state index in [4.69, 9.17) is 16.6 Å². The molecule has 1 heterocycles. The van der Waals surface area contributed by atoms with E-state index in [1.165, 1.54) is 17.6 Å². The molecule has 1 aliphatic rings.